The highest BCUT2D eigenvalue weighted by Crippen LogP contribution is 2.31. The molecule has 0 fully saturated rings. The van der Waals surface area contributed by atoms with Gasteiger partial charge in [-0.25, -0.2) is 4.79 Å². The van der Waals surface area contributed by atoms with E-state index in [1.807, 2.05) is 0 Å². The smallest absolute Gasteiger partial charge is 0.416 e. The number of anilines is 1. The average Bonchev–Trinajstić information content (AvgIpc) is 2.24. The molecule has 0 aromatic heterocycles. The summed E-state index contributed by atoms with van der Waals surface area (Å²) in [5.74, 6) is 0. The van der Waals surface area contributed by atoms with E-state index in [-0.39, 0.29) is 18.7 Å². The third kappa shape index (κ3) is 6.37. The summed E-state index contributed by atoms with van der Waals surface area (Å²) in [5.41, 5.74) is 4.48. The van der Waals surface area contributed by atoms with Gasteiger partial charge in [-0.05, 0) is 51.0 Å². The molecule has 0 bridgehead atoms. The number of benzene rings is 1. The molecule has 4 nitrogen and oxygen atoms in total. The Balaban J connectivity index is 2.60. The van der Waals surface area contributed by atoms with Crippen molar-refractivity contribution >= 4 is 11.8 Å². The minimum Gasteiger partial charge on any atom is -0.444 e. The summed E-state index contributed by atoms with van der Waals surface area (Å²) in [5, 5.41) is 2.48. The minimum atomic E-state index is -4.44. The fourth-order valence-electron chi connectivity index (χ4n) is 1.65. The summed E-state index contributed by atoms with van der Waals surface area (Å²) >= 11 is 0. The molecule has 0 saturated carbocycles. The molecular formula is C14H19F3N2O2. The van der Waals surface area contributed by atoms with Crippen LogP contribution >= 0.6 is 0 Å². The highest BCUT2D eigenvalue weighted by molar-refractivity contribution is 5.67. The first-order valence-electron chi connectivity index (χ1n) is 6.41. The molecule has 0 aliphatic carbocycles. The van der Waals surface area contributed by atoms with Crippen molar-refractivity contribution in [2.75, 3.05) is 12.3 Å². The minimum absolute atomic E-state index is 0.0390. The SMILES string of the molecule is CC(C)(C)OC(=O)NCCc1cc(N)cc(C(F)(F)F)c1. The Hall–Kier alpha value is -1.92. The molecule has 1 amide bonds. The van der Waals surface area contributed by atoms with Gasteiger partial charge in [0.1, 0.15) is 5.60 Å². The number of hydrogen-bond acceptors (Lipinski definition) is 3. The number of rotatable bonds is 3. The monoisotopic (exact) mass is 304 g/mol. The topological polar surface area (TPSA) is 64.3 Å². The maximum Gasteiger partial charge on any atom is 0.416 e. The number of halogens is 3. The molecule has 0 aliphatic heterocycles. The maximum absolute atomic E-state index is 12.6. The quantitative estimate of drug-likeness (QED) is 0.842. The molecule has 0 saturated heterocycles. The Bertz CT molecular complexity index is 508. The second-order valence-corrected chi connectivity index (χ2v) is 5.64. The van der Waals surface area contributed by atoms with Crippen molar-refractivity contribution in [3.8, 4) is 0 Å². The fourth-order valence-corrected chi connectivity index (χ4v) is 1.65. The molecule has 1 aromatic carbocycles. The van der Waals surface area contributed by atoms with Crippen molar-refractivity contribution < 1.29 is 22.7 Å². The molecule has 1 rings (SSSR count). The van der Waals surface area contributed by atoms with E-state index in [0.717, 1.165) is 12.1 Å². The maximum atomic E-state index is 12.6. The van der Waals surface area contributed by atoms with Crippen LogP contribution in [0.2, 0.25) is 0 Å². The normalized spacial score (nSPS) is 12.1. The zero-order valence-corrected chi connectivity index (χ0v) is 12.2. The number of amides is 1. The first kappa shape index (κ1) is 17.1. The van der Waals surface area contributed by atoms with Gasteiger partial charge in [0.15, 0.2) is 0 Å². The molecule has 0 unspecified atom stereocenters. The number of hydrogen-bond donors (Lipinski definition) is 2. The molecule has 21 heavy (non-hydrogen) atoms. The predicted molar refractivity (Wildman–Crippen MR) is 73.8 cm³/mol. The van der Waals surface area contributed by atoms with Crippen LogP contribution in [0.3, 0.4) is 0 Å². The summed E-state index contributed by atoms with van der Waals surface area (Å²) in [4.78, 5) is 11.4. The molecule has 0 spiro atoms. The van der Waals surface area contributed by atoms with Crippen LogP contribution < -0.4 is 11.1 Å². The van der Waals surface area contributed by atoms with E-state index in [0.29, 0.717) is 5.56 Å². The van der Waals surface area contributed by atoms with Gasteiger partial charge in [-0.3, -0.25) is 0 Å². The van der Waals surface area contributed by atoms with Gasteiger partial charge in [0.05, 0.1) is 5.56 Å². The van der Waals surface area contributed by atoms with Crippen molar-refractivity contribution in [3.05, 3.63) is 29.3 Å². The Kier molecular flexibility index (Phi) is 5.09. The van der Waals surface area contributed by atoms with Gasteiger partial charge >= 0.3 is 12.3 Å². The molecule has 118 valence electrons. The van der Waals surface area contributed by atoms with Crippen LogP contribution in [0.15, 0.2) is 18.2 Å². The molecule has 0 radical (unpaired) electrons. The summed E-state index contributed by atoms with van der Waals surface area (Å²) in [6, 6.07) is 3.35. The lowest BCUT2D eigenvalue weighted by molar-refractivity contribution is -0.137. The second-order valence-electron chi connectivity index (χ2n) is 5.64. The van der Waals surface area contributed by atoms with Crippen LogP contribution in [0.25, 0.3) is 0 Å². The van der Waals surface area contributed by atoms with Gasteiger partial charge in [0, 0.05) is 12.2 Å². The molecule has 1 aromatic rings. The molecule has 0 heterocycles. The van der Waals surface area contributed by atoms with Crippen LogP contribution in [0.5, 0.6) is 0 Å². The number of alkyl carbamates (subject to hydrolysis) is 1. The molecule has 0 aliphatic rings. The molecule has 3 N–H and O–H groups in total. The van der Waals surface area contributed by atoms with Crippen LogP contribution in [0.4, 0.5) is 23.7 Å². The number of alkyl halides is 3. The summed E-state index contributed by atoms with van der Waals surface area (Å²) in [6.45, 7) is 5.33. The van der Waals surface area contributed by atoms with E-state index < -0.39 is 23.4 Å². The van der Waals surface area contributed by atoms with Gasteiger partial charge in [-0.1, -0.05) is 0 Å². The molecule has 0 atom stereocenters. The zero-order chi connectivity index (χ0) is 16.3. The lowest BCUT2D eigenvalue weighted by Gasteiger charge is -2.19. The number of nitrogen functional groups attached to an aromatic ring is 1. The van der Waals surface area contributed by atoms with Gasteiger partial charge in [0.25, 0.3) is 0 Å². The zero-order valence-electron chi connectivity index (χ0n) is 12.2. The van der Waals surface area contributed by atoms with E-state index in [1.165, 1.54) is 6.07 Å². The third-order valence-electron chi connectivity index (χ3n) is 2.42. The third-order valence-corrected chi connectivity index (χ3v) is 2.42. The Morgan fingerprint density at radius 3 is 2.38 bits per heavy atom. The van der Waals surface area contributed by atoms with Crippen molar-refractivity contribution in [1.29, 1.82) is 0 Å². The van der Waals surface area contributed by atoms with Gasteiger partial charge in [-0.15, -0.1) is 0 Å². The van der Waals surface area contributed by atoms with Crippen LogP contribution in [-0.2, 0) is 17.3 Å². The highest BCUT2D eigenvalue weighted by atomic mass is 19.4. The van der Waals surface area contributed by atoms with E-state index in [4.69, 9.17) is 10.5 Å². The van der Waals surface area contributed by atoms with Crippen molar-refractivity contribution in [2.24, 2.45) is 0 Å². The van der Waals surface area contributed by atoms with E-state index in [1.54, 1.807) is 20.8 Å². The fraction of sp³-hybridized carbons (Fsp3) is 0.500. The predicted octanol–water partition coefficient (Wildman–Crippen LogP) is 3.35. The number of nitrogens with one attached hydrogen (secondary N) is 1. The second kappa shape index (κ2) is 6.24. The summed E-state index contributed by atoms with van der Waals surface area (Å²) < 4.78 is 42.9. The van der Waals surface area contributed by atoms with Gasteiger partial charge < -0.3 is 15.8 Å². The lowest BCUT2D eigenvalue weighted by atomic mass is 10.1. The van der Waals surface area contributed by atoms with Gasteiger partial charge in [0.2, 0.25) is 0 Å². The summed E-state index contributed by atoms with van der Waals surface area (Å²) in [7, 11) is 0. The molecular weight excluding hydrogens is 285 g/mol. The van der Waals surface area contributed by atoms with Gasteiger partial charge in [-0.2, -0.15) is 13.2 Å². The Morgan fingerprint density at radius 1 is 1.24 bits per heavy atom. The first-order valence-corrected chi connectivity index (χ1v) is 6.41. The van der Waals surface area contributed by atoms with E-state index in [9.17, 15) is 18.0 Å². The molecule has 7 heteroatoms. The number of carbonyl (C=O) groups excluding carboxylic acids is 1. The standard InChI is InChI=1S/C14H19F3N2O2/c1-13(2,3)21-12(20)19-5-4-9-6-10(14(15,16)17)8-11(18)7-9/h6-8H,4-5,18H2,1-3H3,(H,19,20). The van der Waals surface area contributed by atoms with Crippen LogP contribution in [0.1, 0.15) is 31.9 Å². The Morgan fingerprint density at radius 2 is 1.86 bits per heavy atom. The Labute approximate surface area is 121 Å². The van der Waals surface area contributed by atoms with Crippen molar-refractivity contribution in [3.63, 3.8) is 0 Å². The van der Waals surface area contributed by atoms with Crippen LogP contribution in [0, 0.1) is 0 Å². The van der Waals surface area contributed by atoms with Crippen molar-refractivity contribution in [1.82, 2.24) is 5.32 Å². The largest absolute Gasteiger partial charge is 0.444 e. The average molecular weight is 304 g/mol. The number of ether oxygens (including phenoxy) is 1. The lowest BCUT2D eigenvalue weighted by Crippen LogP contribution is -2.33. The summed E-state index contributed by atoms with van der Waals surface area (Å²) in [6.07, 6.45) is -4.82. The number of carbonyl (C=O) groups is 1. The van der Waals surface area contributed by atoms with E-state index in [2.05, 4.69) is 5.32 Å². The van der Waals surface area contributed by atoms with Crippen molar-refractivity contribution in [2.45, 2.75) is 39.0 Å². The first-order chi connectivity index (χ1) is 9.47. The number of nitrogens with two attached hydrogens (primary N) is 1. The van der Waals surface area contributed by atoms with Crippen LogP contribution in [-0.4, -0.2) is 18.2 Å². The highest BCUT2D eigenvalue weighted by Gasteiger charge is 2.30. The van der Waals surface area contributed by atoms with E-state index >= 15 is 0 Å².